The highest BCUT2D eigenvalue weighted by Gasteiger charge is 2.37. The number of nitrogens with zero attached hydrogens (tertiary/aromatic N) is 2. The van der Waals surface area contributed by atoms with Gasteiger partial charge in [0, 0.05) is 32.2 Å². The average Bonchev–Trinajstić information content (AvgIpc) is 2.30. The first kappa shape index (κ1) is 14.5. The zero-order chi connectivity index (χ0) is 13.1. The lowest BCUT2D eigenvalue weighted by Crippen LogP contribution is -2.54. The summed E-state index contributed by atoms with van der Waals surface area (Å²) in [5, 5.41) is 9.44. The molecule has 1 unspecified atom stereocenters. The van der Waals surface area contributed by atoms with Gasteiger partial charge in [-0.15, -0.1) is 0 Å². The molecule has 17 heavy (non-hydrogen) atoms. The van der Waals surface area contributed by atoms with E-state index in [1.165, 1.54) is 0 Å². The van der Waals surface area contributed by atoms with Gasteiger partial charge in [0.05, 0.1) is 5.41 Å². The number of rotatable bonds is 5. The van der Waals surface area contributed by atoms with Crippen LogP contribution in [0.15, 0.2) is 0 Å². The maximum absolute atomic E-state index is 11.5. The van der Waals surface area contributed by atoms with Gasteiger partial charge in [-0.05, 0) is 26.8 Å². The molecule has 1 atom stereocenters. The Morgan fingerprint density at radius 2 is 1.94 bits per heavy atom. The third-order valence-corrected chi connectivity index (χ3v) is 4.38. The van der Waals surface area contributed by atoms with Crippen LogP contribution in [0.1, 0.15) is 33.6 Å². The minimum absolute atomic E-state index is 0.518. The molecule has 0 aromatic carbocycles. The summed E-state index contributed by atoms with van der Waals surface area (Å²) in [6.07, 6.45) is 1.42. The van der Waals surface area contributed by atoms with Crippen LogP contribution >= 0.6 is 0 Å². The molecule has 4 nitrogen and oxygen atoms in total. The minimum Gasteiger partial charge on any atom is -0.481 e. The second-order valence-corrected chi connectivity index (χ2v) is 5.36. The van der Waals surface area contributed by atoms with Gasteiger partial charge in [-0.1, -0.05) is 13.8 Å². The van der Waals surface area contributed by atoms with Crippen LogP contribution in [0.2, 0.25) is 0 Å². The van der Waals surface area contributed by atoms with E-state index in [4.69, 9.17) is 0 Å². The molecule has 1 aliphatic rings. The molecule has 1 saturated heterocycles. The van der Waals surface area contributed by atoms with Crippen molar-refractivity contribution in [3.63, 3.8) is 0 Å². The first-order valence-electron chi connectivity index (χ1n) is 6.61. The van der Waals surface area contributed by atoms with Crippen LogP contribution in [0.4, 0.5) is 0 Å². The van der Waals surface area contributed by atoms with E-state index in [0.717, 1.165) is 19.6 Å². The Morgan fingerprint density at radius 1 is 1.35 bits per heavy atom. The molecule has 1 N–H and O–H groups in total. The molecule has 0 aliphatic carbocycles. The number of piperazine rings is 1. The van der Waals surface area contributed by atoms with Crippen molar-refractivity contribution in [3.05, 3.63) is 0 Å². The molecule has 0 saturated carbocycles. The van der Waals surface area contributed by atoms with Crippen LogP contribution in [0.5, 0.6) is 0 Å². The maximum Gasteiger partial charge on any atom is 0.310 e. The SMILES string of the molecule is CCC(CC)(CN1CCN(C)C(C)C1)C(=O)O. The third-order valence-electron chi connectivity index (χ3n) is 4.38. The number of hydrogen-bond donors (Lipinski definition) is 1. The van der Waals surface area contributed by atoms with Crippen molar-refractivity contribution < 1.29 is 9.90 Å². The van der Waals surface area contributed by atoms with Gasteiger partial charge in [0.15, 0.2) is 0 Å². The Kier molecular flexibility index (Phi) is 4.95. The fourth-order valence-corrected chi connectivity index (χ4v) is 2.54. The van der Waals surface area contributed by atoms with E-state index in [1.807, 2.05) is 13.8 Å². The lowest BCUT2D eigenvalue weighted by atomic mass is 9.81. The van der Waals surface area contributed by atoms with E-state index in [0.29, 0.717) is 25.4 Å². The normalized spacial score (nSPS) is 23.9. The van der Waals surface area contributed by atoms with Gasteiger partial charge in [-0.2, -0.15) is 0 Å². The fraction of sp³-hybridized carbons (Fsp3) is 0.923. The summed E-state index contributed by atoms with van der Waals surface area (Å²) in [4.78, 5) is 16.1. The van der Waals surface area contributed by atoms with Crippen molar-refractivity contribution in [3.8, 4) is 0 Å². The summed E-state index contributed by atoms with van der Waals surface area (Å²) in [6, 6.07) is 0.518. The Labute approximate surface area is 105 Å². The Balaban J connectivity index is 2.65. The summed E-state index contributed by atoms with van der Waals surface area (Å²) in [5.41, 5.74) is -0.560. The summed E-state index contributed by atoms with van der Waals surface area (Å²) >= 11 is 0. The molecule has 1 fully saturated rings. The molecule has 1 heterocycles. The van der Waals surface area contributed by atoms with Crippen molar-refractivity contribution >= 4 is 5.97 Å². The van der Waals surface area contributed by atoms with E-state index in [-0.39, 0.29) is 0 Å². The highest BCUT2D eigenvalue weighted by atomic mass is 16.4. The Bertz CT molecular complexity index is 264. The average molecular weight is 242 g/mol. The summed E-state index contributed by atoms with van der Waals surface area (Å²) in [6.45, 7) is 9.85. The van der Waals surface area contributed by atoms with Crippen LogP contribution in [0.3, 0.4) is 0 Å². The molecule has 0 aromatic rings. The van der Waals surface area contributed by atoms with E-state index < -0.39 is 11.4 Å². The highest BCUT2D eigenvalue weighted by Crippen LogP contribution is 2.28. The first-order chi connectivity index (χ1) is 7.95. The van der Waals surface area contributed by atoms with Crippen LogP contribution in [0.25, 0.3) is 0 Å². The van der Waals surface area contributed by atoms with E-state index in [2.05, 4.69) is 23.8 Å². The molecule has 100 valence electrons. The van der Waals surface area contributed by atoms with Crippen molar-refractivity contribution in [2.24, 2.45) is 5.41 Å². The molecule has 0 spiro atoms. The second kappa shape index (κ2) is 5.83. The molecule has 1 aliphatic heterocycles. The van der Waals surface area contributed by atoms with E-state index in [9.17, 15) is 9.90 Å². The lowest BCUT2D eigenvalue weighted by molar-refractivity contribution is -0.151. The Morgan fingerprint density at radius 3 is 2.35 bits per heavy atom. The van der Waals surface area contributed by atoms with Gasteiger partial charge >= 0.3 is 5.97 Å². The topological polar surface area (TPSA) is 43.8 Å². The largest absolute Gasteiger partial charge is 0.481 e. The zero-order valence-electron chi connectivity index (χ0n) is 11.6. The minimum atomic E-state index is -0.644. The standard InChI is InChI=1S/C13H26N2O2/c1-5-13(6-2,12(16)17)10-15-8-7-14(4)11(3)9-15/h11H,5-10H2,1-4H3,(H,16,17). The molecule has 0 radical (unpaired) electrons. The monoisotopic (exact) mass is 242 g/mol. The molecule has 0 bridgehead atoms. The number of likely N-dealkylation sites (N-methyl/N-ethyl adjacent to an activating group) is 1. The van der Waals surface area contributed by atoms with Crippen LogP contribution in [-0.2, 0) is 4.79 Å². The van der Waals surface area contributed by atoms with E-state index in [1.54, 1.807) is 0 Å². The maximum atomic E-state index is 11.5. The lowest BCUT2D eigenvalue weighted by Gasteiger charge is -2.41. The number of hydrogen-bond acceptors (Lipinski definition) is 3. The van der Waals surface area contributed by atoms with Gasteiger partial charge in [0.25, 0.3) is 0 Å². The number of carboxylic acids is 1. The summed E-state index contributed by atoms with van der Waals surface area (Å²) in [7, 11) is 2.13. The van der Waals surface area contributed by atoms with Gasteiger partial charge in [0.2, 0.25) is 0 Å². The molecule has 1 rings (SSSR count). The zero-order valence-corrected chi connectivity index (χ0v) is 11.6. The van der Waals surface area contributed by atoms with Crippen molar-refractivity contribution in [1.82, 2.24) is 9.80 Å². The van der Waals surface area contributed by atoms with Gasteiger partial charge in [-0.25, -0.2) is 0 Å². The smallest absolute Gasteiger partial charge is 0.310 e. The Hall–Kier alpha value is -0.610. The predicted molar refractivity (Wildman–Crippen MR) is 69.2 cm³/mol. The first-order valence-corrected chi connectivity index (χ1v) is 6.61. The third kappa shape index (κ3) is 3.19. The number of carboxylic acid groups (broad SMARTS) is 1. The molecular weight excluding hydrogens is 216 g/mol. The van der Waals surface area contributed by atoms with Crippen LogP contribution < -0.4 is 0 Å². The number of aliphatic carboxylic acids is 1. The van der Waals surface area contributed by atoms with Gasteiger partial charge in [-0.3, -0.25) is 9.69 Å². The summed E-state index contributed by atoms with van der Waals surface area (Å²) in [5.74, 6) is -0.644. The quantitative estimate of drug-likeness (QED) is 0.794. The van der Waals surface area contributed by atoms with Crippen molar-refractivity contribution in [1.29, 1.82) is 0 Å². The van der Waals surface area contributed by atoms with E-state index >= 15 is 0 Å². The number of carbonyl (C=O) groups is 1. The fourth-order valence-electron chi connectivity index (χ4n) is 2.54. The predicted octanol–water partition coefficient (Wildman–Crippen LogP) is 1.51. The van der Waals surface area contributed by atoms with Crippen LogP contribution in [0, 0.1) is 5.41 Å². The molecule has 0 aromatic heterocycles. The van der Waals surface area contributed by atoms with Crippen molar-refractivity contribution in [2.75, 3.05) is 33.2 Å². The molecular formula is C13H26N2O2. The van der Waals surface area contributed by atoms with Crippen molar-refractivity contribution in [2.45, 2.75) is 39.7 Å². The van der Waals surface area contributed by atoms with Gasteiger partial charge < -0.3 is 10.0 Å². The van der Waals surface area contributed by atoms with Crippen LogP contribution in [-0.4, -0.2) is 60.1 Å². The molecule has 4 heteroatoms. The molecule has 0 amide bonds. The highest BCUT2D eigenvalue weighted by molar-refractivity contribution is 5.74. The second-order valence-electron chi connectivity index (χ2n) is 5.36. The summed E-state index contributed by atoms with van der Waals surface area (Å²) < 4.78 is 0. The van der Waals surface area contributed by atoms with Gasteiger partial charge in [0.1, 0.15) is 0 Å².